The molecule has 2 aliphatic rings. The van der Waals surface area contributed by atoms with E-state index < -0.39 is 5.54 Å². The maximum Gasteiger partial charge on any atom is 0.327 e. The average Bonchev–Trinajstić information content (AvgIpc) is 2.79. The highest BCUT2D eigenvalue weighted by atomic mass is 16.2. The number of nitrogens with zero attached hydrogens (tertiary/aromatic N) is 2. The molecule has 0 unspecified atom stereocenters. The summed E-state index contributed by atoms with van der Waals surface area (Å²) in [4.78, 5) is 28.7. The summed E-state index contributed by atoms with van der Waals surface area (Å²) >= 11 is 0. The summed E-state index contributed by atoms with van der Waals surface area (Å²) < 4.78 is 0. The predicted molar refractivity (Wildman–Crippen MR) is 92.5 cm³/mol. The minimum absolute atomic E-state index is 0.0512. The van der Waals surface area contributed by atoms with Crippen LogP contribution in [0, 0.1) is 0 Å². The van der Waals surface area contributed by atoms with Gasteiger partial charge in [0.15, 0.2) is 0 Å². The minimum Gasteiger partial charge on any atom is -0.317 e. The lowest BCUT2D eigenvalue weighted by Crippen LogP contribution is -2.54. The number of rotatable bonds is 2. The Hall–Kier alpha value is -2.40. The number of fused-ring (bicyclic) bond motifs is 1. The van der Waals surface area contributed by atoms with E-state index in [-0.39, 0.29) is 11.9 Å². The Morgan fingerprint density at radius 2 is 1.75 bits per heavy atom. The zero-order valence-electron chi connectivity index (χ0n) is 13.8. The van der Waals surface area contributed by atoms with Crippen molar-refractivity contribution in [3.8, 4) is 0 Å². The molecule has 5 heteroatoms. The van der Waals surface area contributed by atoms with Crippen LogP contribution in [0.3, 0.4) is 0 Å². The molecular weight excluding hydrogens is 302 g/mol. The van der Waals surface area contributed by atoms with Gasteiger partial charge in [0.25, 0.3) is 5.91 Å². The fourth-order valence-corrected chi connectivity index (χ4v) is 3.89. The standard InChI is InChI=1S/C19H21N3O2/c1-21-18(24)22(17(23)19(21)8-10-20-11-9-19)13-14-6-7-15-4-2-3-5-16(15)12-14/h2-7,12,20H,8-11,13H2,1H3. The van der Waals surface area contributed by atoms with Gasteiger partial charge in [-0.1, -0.05) is 36.4 Å². The van der Waals surface area contributed by atoms with Gasteiger partial charge in [0.1, 0.15) is 5.54 Å². The Bertz CT molecular complexity index is 811. The molecule has 2 aliphatic heterocycles. The summed E-state index contributed by atoms with van der Waals surface area (Å²) in [5.74, 6) is -0.0512. The molecule has 24 heavy (non-hydrogen) atoms. The molecule has 0 aliphatic carbocycles. The van der Waals surface area contributed by atoms with Crippen molar-refractivity contribution in [2.45, 2.75) is 24.9 Å². The fraction of sp³-hybridized carbons (Fsp3) is 0.368. The molecule has 5 nitrogen and oxygen atoms in total. The average molecular weight is 323 g/mol. The molecule has 1 N–H and O–H groups in total. The van der Waals surface area contributed by atoms with Gasteiger partial charge in [-0.05, 0) is 48.3 Å². The van der Waals surface area contributed by atoms with E-state index in [9.17, 15) is 9.59 Å². The molecule has 1 spiro atoms. The smallest absolute Gasteiger partial charge is 0.317 e. The van der Waals surface area contributed by atoms with Crippen molar-refractivity contribution in [3.63, 3.8) is 0 Å². The second kappa shape index (κ2) is 5.60. The van der Waals surface area contributed by atoms with E-state index in [4.69, 9.17) is 0 Å². The quantitative estimate of drug-likeness (QED) is 0.863. The van der Waals surface area contributed by atoms with Crippen LogP contribution in [0.4, 0.5) is 4.79 Å². The lowest BCUT2D eigenvalue weighted by atomic mass is 9.87. The lowest BCUT2D eigenvalue weighted by Gasteiger charge is -2.36. The number of likely N-dealkylation sites (N-methyl/N-ethyl adjacent to an activating group) is 1. The topological polar surface area (TPSA) is 52.7 Å². The van der Waals surface area contributed by atoms with E-state index in [1.54, 1.807) is 11.9 Å². The first-order chi connectivity index (χ1) is 11.6. The Kier molecular flexibility index (Phi) is 3.53. The maximum atomic E-state index is 13.0. The molecule has 2 aromatic rings. The SMILES string of the molecule is CN1C(=O)N(Cc2ccc3ccccc3c2)C(=O)C12CCNCC2. The summed E-state index contributed by atoms with van der Waals surface area (Å²) in [5.41, 5.74) is 0.328. The predicted octanol–water partition coefficient (Wildman–Crippen LogP) is 2.36. The highest BCUT2D eigenvalue weighted by molar-refractivity contribution is 6.07. The number of piperidine rings is 1. The highest BCUT2D eigenvalue weighted by Crippen LogP contribution is 2.35. The summed E-state index contributed by atoms with van der Waals surface area (Å²) in [6, 6.07) is 14.0. The van der Waals surface area contributed by atoms with Crippen molar-refractivity contribution in [1.82, 2.24) is 15.1 Å². The maximum absolute atomic E-state index is 13.0. The van der Waals surface area contributed by atoms with E-state index in [1.165, 1.54) is 4.90 Å². The van der Waals surface area contributed by atoms with E-state index in [2.05, 4.69) is 17.4 Å². The van der Waals surface area contributed by atoms with E-state index >= 15 is 0 Å². The van der Waals surface area contributed by atoms with Gasteiger partial charge in [-0.15, -0.1) is 0 Å². The third-order valence-corrected chi connectivity index (χ3v) is 5.39. The van der Waals surface area contributed by atoms with Crippen molar-refractivity contribution in [2.75, 3.05) is 20.1 Å². The number of hydrogen-bond donors (Lipinski definition) is 1. The van der Waals surface area contributed by atoms with Crippen LogP contribution in [-0.2, 0) is 11.3 Å². The molecule has 2 fully saturated rings. The number of carbonyl (C=O) groups excluding carboxylic acids is 2. The van der Waals surface area contributed by atoms with E-state index in [0.29, 0.717) is 19.4 Å². The number of hydrogen-bond acceptors (Lipinski definition) is 3. The number of imide groups is 1. The Labute approximate surface area is 141 Å². The molecule has 3 amide bonds. The van der Waals surface area contributed by atoms with Crippen LogP contribution in [0.5, 0.6) is 0 Å². The summed E-state index contributed by atoms with van der Waals surface area (Å²) in [6.45, 7) is 1.88. The first-order valence-corrected chi connectivity index (χ1v) is 8.40. The van der Waals surface area contributed by atoms with Crippen molar-refractivity contribution in [2.24, 2.45) is 0 Å². The van der Waals surface area contributed by atoms with E-state index in [1.807, 2.05) is 30.3 Å². The Morgan fingerprint density at radius 3 is 2.50 bits per heavy atom. The van der Waals surface area contributed by atoms with Crippen LogP contribution in [0.2, 0.25) is 0 Å². The summed E-state index contributed by atoms with van der Waals surface area (Å²) in [7, 11) is 1.76. The van der Waals surface area contributed by atoms with Gasteiger partial charge in [-0.2, -0.15) is 0 Å². The van der Waals surface area contributed by atoms with Crippen molar-refractivity contribution in [1.29, 1.82) is 0 Å². The highest BCUT2D eigenvalue weighted by Gasteiger charge is 2.55. The number of urea groups is 1. The Morgan fingerprint density at radius 1 is 1.04 bits per heavy atom. The summed E-state index contributed by atoms with van der Waals surface area (Å²) in [6.07, 6.45) is 1.37. The van der Waals surface area contributed by atoms with Crippen LogP contribution >= 0.6 is 0 Å². The third-order valence-electron chi connectivity index (χ3n) is 5.39. The zero-order chi connectivity index (χ0) is 16.7. The van der Waals surface area contributed by atoms with Gasteiger partial charge in [0.05, 0.1) is 6.54 Å². The van der Waals surface area contributed by atoms with Crippen molar-refractivity contribution >= 4 is 22.7 Å². The van der Waals surface area contributed by atoms with Gasteiger partial charge in [0, 0.05) is 7.05 Å². The molecule has 4 rings (SSSR count). The summed E-state index contributed by atoms with van der Waals surface area (Å²) in [5, 5.41) is 5.55. The molecule has 2 heterocycles. The molecule has 0 atom stereocenters. The number of amides is 3. The van der Waals surface area contributed by atoms with Gasteiger partial charge in [0.2, 0.25) is 0 Å². The van der Waals surface area contributed by atoms with Gasteiger partial charge < -0.3 is 10.2 Å². The largest absolute Gasteiger partial charge is 0.327 e. The molecule has 0 aromatic heterocycles. The van der Waals surface area contributed by atoms with Crippen LogP contribution in [0.1, 0.15) is 18.4 Å². The minimum atomic E-state index is -0.654. The molecule has 2 aromatic carbocycles. The van der Waals surface area contributed by atoms with Crippen molar-refractivity contribution < 1.29 is 9.59 Å². The molecule has 0 bridgehead atoms. The fourth-order valence-electron chi connectivity index (χ4n) is 3.89. The van der Waals surface area contributed by atoms with Gasteiger partial charge in [-0.3, -0.25) is 9.69 Å². The number of carbonyl (C=O) groups is 2. The van der Waals surface area contributed by atoms with Crippen LogP contribution < -0.4 is 5.32 Å². The van der Waals surface area contributed by atoms with Gasteiger partial charge in [-0.25, -0.2) is 4.79 Å². The number of benzene rings is 2. The Balaban J connectivity index is 1.63. The first kappa shape index (κ1) is 15.1. The second-order valence-electron chi connectivity index (χ2n) is 6.70. The zero-order valence-corrected chi connectivity index (χ0v) is 13.8. The van der Waals surface area contributed by atoms with Crippen molar-refractivity contribution in [3.05, 3.63) is 48.0 Å². The molecule has 0 radical (unpaired) electrons. The second-order valence-corrected chi connectivity index (χ2v) is 6.70. The van der Waals surface area contributed by atoms with Crippen LogP contribution in [-0.4, -0.2) is 47.4 Å². The first-order valence-electron chi connectivity index (χ1n) is 8.40. The van der Waals surface area contributed by atoms with Gasteiger partial charge >= 0.3 is 6.03 Å². The number of nitrogens with one attached hydrogen (secondary N) is 1. The van der Waals surface area contributed by atoms with Crippen LogP contribution in [0.25, 0.3) is 10.8 Å². The van der Waals surface area contributed by atoms with E-state index in [0.717, 1.165) is 29.4 Å². The third kappa shape index (κ3) is 2.19. The monoisotopic (exact) mass is 323 g/mol. The lowest BCUT2D eigenvalue weighted by molar-refractivity contribution is -0.134. The normalized spacial score (nSPS) is 20.4. The molecule has 124 valence electrons. The molecular formula is C19H21N3O2. The van der Waals surface area contributed by atoms with Crippen LogP contribution in [0.15, 0.2) is 42.5 Å². The molecule has 2 saturated heterocycles. The molecule has 0 saturated carbocycles.